The molecule has 98 valence electrons. The summed E-state index contributed by atoms with van der Waals surface area (Å²) in [5.74, 6) is -0.492. The van der Waals surface area contributed by atoms with Crippen molar-refractivity contribution in [1.82, 2.24) is 4.90 Å². The fourth-order valence-electron chi connectivity index (χ4n) is 1.66. The molecule has 0 spiro atoms. The first-order valence-corrected chi connectivity index (χ1v) is 5.64. The van der Waals surface area contributed by atoms with Crippen molar-refractivity contribution in [2.45, 2.75) is 38.8 Å². The van der Waals surface area contributed by atoms with E-state index in [1.165, 1.54) is 0 Å². The molecule has 0 aliphatic carbocycles. The second-order valence-electron chi connectivity index (χ2n) is 5.30. The van der Waals surface area contributed by atoms with Gasteiger partial charge < -0.3 is 15.6 Å². The summed E-state index contributed by atoms with van der Waals surface area (Å²) >= 11 is 0. The number of carbonyl (C=O) groups excluding carboxylic acids is 2. The third-order valence-electron chi connectivity index (χ3n) is 2.59. The molecule has 1 rings (SSSR count). The van der Waals surface area contributed by atoms with Gasteiger partial charge in [0.2, 0.25) is 5.91 Å². The molecule has 0 aromatic carbocycles. The molecule has 0 saturated carbocycles. The summed E-state index contributed by atoms with van der Waals surface area (Å²) in [6, 6.07) is -0.480. The van der Waals surface area contributed by atoms with E-state index in [-0.39, 0.29) is 31.4 Å². The Morgan fingerprint density at radius 2 is 2.24 bits per heavy atom. The summed E-state index contributed by atoms with van der Waals surface area (Å²) in [5.41, 5.74) is 5.02. The topological polar surface area (TPSA) is 92.9 Å². The number of aliphatic hydroxyl groups is 1. The third kappa shape index (κ3) is 3.67. The van der Waals surface area contributed by atoms with Crippen LogP contribution in [0.5, 0.6) is 0 Å². The molecule has 0 radical (unpaired) electrons. The van der Waals surface area contributed by atoms with Crippen LogP contribution in [0.1, 0.15) is 27.2 Å². The van der Waals surface area contributed by atoms with Gasteiger partial charge in [-0.3, -0.25) is 4.79 Å². The molecule has 1 fully saturated rings. The van der Waals surface area contributed by atoms with Crippen molar-refractivity contribution in [2.24, 2.45) is 11.7 Å². The molecular weight excluding hydrogens is 224 g/mol. The number of aliphatic hydroxyl groups excluding tert-OH is 1. The van der Waals surface area contributed by atoms with Gasteiger partial charge in [0.1, 0.15) is 5.60 Å². The molecule has 2 amide bonds. The van der Waals surface area contributed by atoms with E-state index in [2.05, 4.69) is 0 Å². The zero-order valence-electron chi connectivity index (χ0n) is 10.5. The molecule has 6 nitrogen and oxygen atoms in total. The normalized spacial score (nSPS) is 22.8. The van der Waals surface area contributed by atoms with Crippen molar-refractivity contribution in [3.63, 3.8) is 0 Å². The predicted octanol–water partition coefficient (Wildman–Crippen LogP) is 0.0896. The maximum absolute atomic E-state index is 11.7. The molecule has 1 aliphatic rings. The van der Waals surface area contributed by atoms with Gasteiger partial charge in [-0.25, -0.2) is 9.69 Å². The second-order valence-corrected chi connectivity index (χ2v) is 5.30. The van der Waals surface area contributed by atoms with Crippen LogP contribution < -0.4 is 5.73 Å². The summed E-state index contributed by atoms with van der Waals surface area (Å²) in [6.45, 7) is 5.24. The Kier molecular flexibility index (Phi) is 4.11. The van der Waals surface area contributed by atoms with Crippen LogP contribution in [0.25, 0.3) is 0 Å². The van der Waals surface area contributed by atoms with Gasteiger partial charge in [0.05, 0.1) is 6.61 Å². The third-order valence-corrected chi connectivity index (χ3v) is 2.59. The molecule has 1 saturated heterocycles. The minimum absolute atomic E-state index is 0.182. The highest BCUT2D eigenvalue weighted by atomic mass is 16.6. The van der Waals surface area contributed by atoms with Gasteiger partial charge in [-0.2, -0.15) is 0 Å². The number of ether oxygens (including phenoxy) is 1. The van der Waals surface area contributed by atoms with Crippen LogP contribution in [0, 0.1) is 5.92 Å². The average molecular weight is 244 g/mol. The lowest BCUT2D eigenvalue weighted by molar-refractivity contribution is -0.127. The first-order valence-electron chi connectivity index (χ1n) is 5.64. The predicted molar refractivity (Wildman–Crippen MR) is 61.1 cm³/mol. The van der Waals surface area contributed by atoms with Gasteiger partial charge in [0, 0.05) is 24.9 Å². The zero-order chi connectivity index (χ0) is 13.2. The molecule has 0 aromatic heterocycles. The Hall–Kier alpha value is -1.14. The maximum atomic E-state index is 11.7. The monoisotopic (exact) mass is 244 g/mol. The van der Waals surface area contributed by atoms with Crippen molar-refractivity contribution in [1.29, 1.82) is 0 Å². The molecule has 17 heavy (non-hydrogen) atoms. The lowest BCUT2D eigenvalue weighted by atomic mass is 10.0. The average Bonchev–Trinajstić information content (AvgIpc) is 2.56. The quantitative estimate of drug-likeness (QED) is 0.718. The highest BCUT2D eigenvalue weighted by Gasteiger charge is 2.38. The fourth-order valence-corrected chi connectivity index (χ4v) is 1.66. The molecule has 0 bridgehead atoms. The first kappa shape index (κ1) is 13.9. The molecule has 1 unspecified atom stereocenters. The molecule has 1 heterocycles. The van der Waals surface area contributed by atoms with E-state index >= 15 is 0 Å². The van der Waals surface area contributed by atoms with E-state index in [4.69, 9.17) is 15.6 Å². The number of nitrogens with zero attached hydrogens (tertiary/aromatic N) is 1. The van der Waals surface area contributed by atoms with Gasteiger partial charge in [0.15, 0.2) is 0 Å². The summed E-state index contributed by atoms with van der Waals surface area (Å²) in [7, 11) is 0. The molecule has 6 heteroatoms. The van der Waals surface area contributed by atoms with Crippen molar-refractivity contribution in [2.75, 3.05) is 13.2 Å². The summed E-state index contributed by atoms with van der Waals surface area (Å²) < 4.78 is 5.12. The highest BCUT2D eigenvalue weighted by Crippen LogP contribution is 2.22. The Morgan fingerprint density at radius 3 is 2.71 bits per heavy atom. The van der Waals surface area contributed by atoms with Crippen LogP contribution in [0.4, 0.5) is 4.79 Å². The van der Waals surface area contributed by atoms with Gasteiger partial charge in [-0.1, -0.05) is 0 Å². The van der Waals surface area contributed by atoms with Crippen LogP contribution in [-0.4, -0.2) is 46.8 Å². The first-order chi connectivity index (χ1) is 7.74. The number of likely N-dealkylation sites (tertiary alicyclic amines) is 1. The minimum Gasteiger partial charge on any atom is -0.443 e. The number of hydrogen-bond acceptors (Lipinski definition) is 5. The van der Waals surface area contributed by atoms with Crippen molar-refractivity contribution >= 4 is 12.0 Å². The van der Waals surface area contributed by atoms with Crippen molar-refractivity contribution < 1.29 is 19.4 Å². The van der Waals surface area contributed by atoms with Gasteiger partial charge in [0.25, 0.3) is 0 Å². The smallest absolute Gasteiger partial charge is 0.417 e. The van der Waals surface area contributed by atoms with E-state index in [0.29, 0.717) is 0 Å². The van der Waals surface area contributed by atoms with Crippen LogP contribution >= 0.6 is 0 Å². The Labute approximate surface area is 101 Å². The molecule has 1 aliphatic heterocycles. The molecular formula is C11H20N2O4. The lowest BCUT2D eigenvalue weighted by Gasteiger charge is -2.23. The summed E-state index contributed by atoms with van der Waals surface area (Å²) in [4.78, 5) is 24.4. The maximum Gasteiger partial charge on any atom is 0.417 e. The lowest BCUT2D eigenvalue weighted by Crippen LogP contribution is -2.40. The highest BCUT2D eigenvalue weighted by molar-refractivity contribution is 5.93. The molecule has 3 N–H and O–H groups in total. The SMILES string of the molecule is CC(C)(C)OC(=O)N1C[C@H](C(N)CO)CC1=O. The molecule has 2 atom stereocenters. The van der Waals surface area contributed by atoms with E-state index in [1.54, 1.807) is 20.8 Å². The number of rotatable bonds is 2. The molecule has 0 aromatic rings. The largest absolute Gasteiger partial charge is 0.443 e. The van der Waals surface area contributed by atoms with Crippen LogP contribution in [0.3, 0.4) is 0 Å². The Morgan fingerprint density at radius 1 is 1.65 bits per heavy atom. The Balaban J connectivity index is 2.62. The van der Waals surface area contributed by atoms with Crippen LogP contribution in [-0.2, 0) is 9.53 Å². The van der Waals surface area contributed by atoms with Gasteiger partial charge >= 0.3 is 6.09 Å². The number of amides is 2. The summed E-state index contributed by atoms with van der Waals surface area (Å²) in [6.07, 6.45) is -0.462. The van der Waals surface area contributed by atoms with E-state index < -0.39 is 17.7 Å². The van der Waals surface area contributed by atoms with Crippen molar-refractivity contribution in [3.8, 4) is 0 Å². The van der Waals surface area contributed by atoms with Crippen LogP contribution in [0.15, 0.2) is 0 Å². The van der Waals surface area contributed by atoms with E-state index in [0.717, 1.165) is 4.90 Å². The number of carbonyl (C=O) groups is 2. The number of imide groups is 1. The van der Waals surface area contributed by atoms with Crippen LogP contribution in [0.2, 0.25) is 0 Å². The Bertz CT molecular complexity index is 311. The fraction of sp³-hybridized carbons (Fsp3) is 0.818. The zero-order valence-corrected chi connectivity index (χ0v) is 10.5. The van der Waals surface area contributed by atoms with E-state index in [9.17, 15) is 9.59 Å². The second kappa shape index (κ2) is 5.01. The summed E-state index contributed by atoms with van der Waals surface area (Å²) in [5, 5.41) is 8.92. The standard InChI is InChI=1S/C11H20N2O4/c1-11(2,3)17-10(16)13-5-7(4-9(13)15)8(12)6-14/h7-8,14H,4-6,12H2,1-3H3/t7-,8?/m1/s1. The van der Waals surface area contributed by atoms with Gasteiger partial charge in [-0.05, 0) is 20.8 Å². The van der Waals surface area contributed by atoms with E-state index in [1.807, 2.05) is 0 Å². The van der Waals surface area contributed by atoms with Crippen molar-refractivity contribution in [3.05, 3.63) is 0 Å². The minimum atomic E-state index is -0.643. The number of nitrogens with two attached hydrogens (primary N) is 1. The number of hydrogen-bond donors (Lipinski definition) is 2. The van der Waals surface area contributed by atoms with Gasteiger partial charge in [-0.15, -0.1) is 0 Å².